The maximum absolute atomic E-state index is 9.99. The van der Waals surface area contributed by atoms with Crippen molar-refractivity contribution in [3.63, 3.8) is 0 Å². The van der Waals surface area contributed by atoms with Crippen LogP contribution in [0.25, 0.3) is 0 Å². The van der Waals surface area contributed by atoms with E-state index in [1.54, 1.807) is 0 Å². The van der Waals surface area contributed by atoms with Crippen LogP contribution in [0.15, 0.2) is 18.2 Å². The molecule has 0 bridgehead atoms. The van der Waals surface area contributed by atoms with Gasteiger partial charge in [0.2, 0.25) is 0 Å². The van der Waals surface area contributed by atoms with E-state index in [0.717, 1.165) is 56.8 Å². The molecule has 98 valence electrons. The zero-order valence-electron chi connectivity index (χ0n) is 10.6. The van der Waals surface area contributed by atoms with Gasteiger partial charge in [-0.2, -0.15) is 0 Å². The van der Waals surface area contributed by atoms with Crippen LogP contribution in [0.1, 0.15) is 36.5 Å². The van der Waals surface area contributed by atoms with Crippen molar-refractivity contribution >= 4 is 0 Å². The molecule has 1 aliphatic heterocycles. The second kappa shape index (κ2) is 5.29. The zero-order chi connectivity index (χ0) is 12.4. The molecule has 0 spiro atoms. The van der Waals surface area contributed by atoms with Crippen LogP contribution in [0.4, 0.5) is 0 Å². The highest BCUT2D eigenvalue weighted by Gasteiger charge is 2.22. The molecule has 1 aromatic carbocycles. The maximum atomic E-state index is 9.99. The van der Waals surface area contributed by atoms with Crippen LogP contribution in [0.5, 0.6) is 5.75 Å². The van der Waals surface area contributed by atoms with Gasteiger partial charge in [-0.25, -0.2) is 0 Å². The van der Waals surface area contributed by atoms with Crippen molar-refractivity contribution in [1.29, 1.82) is 0 Å². The molecule has 3 heteroatoms. The molecule has 0 amide bonds. The van der Waals surface area contributed by atoms with E-state index in [2.05, 4.69) is 0 Å². The summed E-state index contributed by atoms with van der Waals surface area (Å²) in [6.07, 6.45) is 3.71. The fraction of sp³-hybridized carbons (Fsp3) is 0.600. The average molecular weight is 248 g/mol. The van der Waals surface area contributed by atoms with Gasteiger partial charge in [-0.05, 0) is 42.9 Å². The summed E-state index contributed by atoms with van der Waals surface area (Å²) in [5.41, 5.74) is 2.26. The molecule has 18 heavy (non-hydrogen) atoms. The molecule has 2 atom stereocenters. The van der Waals surface area contributed by atoms with Crippen LogP contribution < -0.4 is 4.74 Å². The van der Waals surface area contributed by atoms with Crippen molar-refractivity contribution in [2.45, 2.75) is 31.8 Å². The van der Waals surface area contributed by atoms with Gasteiger partial charge in [0.1, 0.15) is 5.75 Å². The summed E-state index contributed by atoms with van der Waals surface area (Å²) in [6, 6.07) is 6.02. The number of fused-ring (bicyclic) bond motifs is 1. The monoisotopic (exact) mass is 248 g/mol. The van der Waals surface area contributed by atoms with Crippen molar-refractivity contribution in [2.75, 3.05) is 19.8 Å². The van der Waals surface area contributed by atoms with E-state index in [1.807, 2.05) is 18.2 Å². The van der Waals surface area contributed by atoms with Gasteiger partial charge >= 0.3 is 0 Å². The van der Waals surface area contributed by atoms with E-state index >= 15 is 0 Å². The second-order valence-electron chi connectivity index (χ2n) is 5.27. The topological polar surface area (TPSA) is 38.7 Å². The molecule has 3 rings (SSSR count). The molecular formula is C15H20O3. The molecule has 3 nitrogen and oxygen atoms in total. The van der Waals surface area contributed by atoms with Crippen molar-refractivity contribution in [3.05, 3.63) is 29.3 Å². The SMILES string of the molecule is OC1CCCc2c(OCC3CCOC3)cccc21. The van der Waals surface area contributed by atoms with Gasteiger partial charge in [0.05, 0.1) is 19.3 Å². The van der Waals surface area contributed by atoms with Crippen molar-refractivity contribution in [1.82, 2.24) is 0 Å². The largest absolute Gasteiger partial charge is 0.493 e. The van der Waals surface area contributed by atoms with Crippen molar-refractivity contribution in [2.24, 2.45) is 5.92 Å². The van der Waals surface area contributed by atoms with E-state index < -0.39 is 0 Å². The summed E-state index contributed by atoms with van der Waals surface area (Å²) in [4.78, 5) is 0. The lowest BCUT2D eigenvalue weighted by Crippen LogP contribution is -2.15. The standard InChI is InChI=1S/C15H20O3/c16-14-5-1-4-13-12(14)3-2-6-15(13)18-10-11-7-8-17-9-11/h2-3,6,11,14,16H,1,4-5,7-10H2. The third-order valence-corrected chi connectivity index (χ3v) is 3.93. The minimum atomic E-state index is -0.313. The molecule has 0 aromatic heterocycles. The maximum Gasteiger partial charge on any atom is 0.122 e. The Balaban J connectivity index is 1.73. The number of ether oxygens (including phenoxy) is 2. The second-order valence-corrected chi connectivity index (χ2v) is 5.27. The minimum absolute atomic E-state index is 0.313. The summed E-state index contributed by atoms with van der Waals surface area (Å²) in [5.74, 6) is 1.48. The lowest BCUT2D eigenvalue weighted by atomic mass is 9.89. The molecule has 1 saturated heterocycles. The molecule has 2 unspecified atom stereocenters. The molecule has 0 radical (unpaired) electrons. The van der Waals surface area contributed by atoms with Crippen LogP contribution >= 0.6 is 0 Å². The Kier molecular flexibility index (Phi) is 3.52. The quantitative estimate of drug-likeness (QED) is 0.893. The van der Waals surface area contributed by atoms with E-state index in [9.17, 15) is 5.11 Å². The minimum Gasteiger partial charge on any atom is -0.493 e. The number of benzene rings is 1. The zero-order valence-corrected chi connectivity index (χ0v) is 10.6. The van der Waals surface area contributed by atoms with E-state index in [-0.39, 0.29) is 6.10 Å². The van der Waals surface area contributed by atoms with E-state index in [4.69, 9.17) is 9.47 Å². The molecule has 2 aliphatic rings. The lowest BCUT2D eigenvalue weighted by molar-refractivity contribution is 0.152. The predicted octanol–water partition coefficient (Wildman–Crippen LogP) is 2.47. The first-order valence-corrected chi connectivity index (χ1v) is 6.85. The molecule has 1 aliphatic carbocycles. The molecular weight excluding hydrogens is 228 g/mol. The Hall–Kier alpha value is -1.06. The van der Waals surface area contributed by atoms with E-state index in [1.165, 1.54) is 5.56 Å². The normalized spacial score (nSPS) is 26.9. The first kappa shape index (κ1) is 12.0. The third-order valence-electron chi connectivity index (χ3n) is 3.93. The fourth-order valence-corrected chi connectivity index (χ4v) is 2.85. The van der Waals surface area contributed by atoms with Crippen molar-refractivity contribution in [3.8, 4) is 5.75 Å². The van der Waals surface area contributed by atoms with Gasteiger partial charge < -0.3 is 14.6 Å². The highest BCUT2D eigenvalue weighted by Crippen LogP contribution is 2.35. The number of hydrogen-bond donors (Lipinski definition) is 1. The van der Waals surface area contributed by atoms with Gasteiger partial charge in [-0.3, -0.25) is 0 Å². The molecule has 0 saturated carbocycles. The molecule has 1 aromatic rings. The van der Waals surface area contributed by atoms with Crippen LogP contribution in [-0.2, 0) is 11.2 Å². The van der Waals surface area contributed by atoms with Crippen LogP contribution in [0.3, 0.4) is 0 Å². The Labute approximate surface area is 108 Å². The fourth-order valence-electron chi connectivity index (χ4n) is 2.85. The predicted molar refractivity (Wildman–Crippen MR) is 68.8 cm³/mol. The summed E-state index contributed by atoms with van der Waals surface area (Å²) >= 11 is 0. The number of aliphatic hydroxyl groups excluding tert-OH is 1. The van der Waals surface area contributed by atoms with E-state index in [0.29, 0.717) is 5.92 Å². The van der Waals surface area contributed by atoms with Gasteiger partial charge in [-0.1, -0.05) is 12.1 Å². The third kappa shape index (κ3) is 2.38. The number of rotatable bonds is 3. The Morgan fingerprint density at radius 3 is 3.11 bits per heavy atom. The van der Waals surface area contributed by atoms with Crippen LogP contribution in [-0.4, -0.2) is 24.9 Å². The lowest BCUT2D eigenvalue weighted by Gasteiger charge is -2.24. The van der Waals surface area contributed by atoms with Crippen LogP contribution in [0.2, 0.25) is 0 Å². The summed E-state index contributed by atoms with van der Waals surface area (Å²) < 4.78 is 11.3. The average Bonchev–Trinajstić information content (AvgIpc) is 2.90. The first-order valence-electron chi connectivity index (χ1n) is 6.85. The van der Waals surface area contributed by atoms with Crippen LogP contribution in [0, 0.1) is 5.92 Å². The Bertz CT molecular complexity index is 410. The molecule has 1 N–H and O–H groups in total. The Morgan fingerprint density at radius 2 is 2.28 bits per heavy atom. The van der Waals surface area contributed by atoms with Gasteiger partial charge in [0.15, 0.2) is 0 Å². The van der Waals surface area contributed by atoms with Crippen molar-refractivity contribution < 1.29 is 14.6 Å². The smallest absolute Gasteiger partial charge is 0.122 e. The molecule has 1 heterocycles. The highest BCUT2D eigenvalue weighted by atomic mass is 16.5. The van der Waals surface area contributed by atoms with Gasteiger partial charge in [0.25, 0.3) is 0 Å². The highest BCUT2D eigenvalue weighted by molar-refractivity contribution is 5.42. The van der Waals surface area contributed by atoms with Gasteiger partial charge in [-0.15, -0.1) is 0 Å². The number of aliphatic hydroxyl groups is 1. The van der Waals surface area contributed by atoms with Gasteiger partial charge in [0, 0.05) is 12.5 Å². The first-order chi connectivity index (χ1) is 8.84. The Morgan fingerprint density at radius 1 is 1.33 bits per heavy atom. The molecule has 1 fully saturated rings. The summed E-state index contributed by atoms with van der Waals surface area (Å²) in [5, 5.41) is 9.99. The number of hydrogen-bond acceptors (Lipinski definition) is 3. The summed E-state index contributed by atoms with van der Waals surface area (Å²) in [7, 11) is 0. The summed E-state index contributed by atoms with van der Waals surface area (Å²) in [6.45, 7) is 2.41.